The van der Waals surface area contributed by atoms with E-state index in [2.05, 4.69) is 32.5 Å². The number of allylic oxidation sites excluding steroid dienone is 1. The van der Waals surface area contributed by atoms with Gasteiger partial charge in [0, 0.05) is 12.7 Å². The molecule has 0 unspecified atom stereocenters. The summed E-state index contributed by atoms with van der Waals surface area (Å²) in [5.74, 6) is 0.440. The summed E-state index contributed by atoms with van der Waals surface area (Å²) in [6.45, 7) is 6.16. The van der Waals surface area contributed by atoms with Crippen molar-refractivity contribution in [2.75, 3.05) is 0 Å². The molecule has 5 nitrogen and oxygen atoms in total. The number of hydrogen-bond acceptors (Lipinski definition) is 4. The van der Waals surface area contributed by atoms with Crippen LogP contribution in [0, 0.1) is 5.41 Å². The predicted molar refractivity (Wildman–Crippen MR) is 76.1 cm³/mol. The van der Waals surface area contributed by atoms with Crippen LogP contribution in [-0.2, 0) is 6.54 Å². The Morgan fingerprint density at radius 3 is 2.89 bits per heavy atom. The summed E-state index contributed by atoms with van der Waals surface area (Å²) in [4.78, 5) is 8.36. The lowest BCUT2D eigenvalue weighted by molar-refractivity contribution is 0.775. The number of hydrogen-bond donors (Lipinski definition) is 2. The molecule has 0 saturated heterocycles. The highest BCUT2D eigenvalue weighted by atomic mass is 79.9. The van der Waals surface area contributed by atoms with Crippen LogP contribution in [0.15, 0.2) is 22.9 Å². The summed E-state index contributed by atoms with van der Waals surface area (Å²) in [5.41, 5.74) is 7.17. The minimum absolute atomic E-state index is 0.0935. The first kappa shape index (κ1) is 13.0. The second-order valence-corrected chi connectivity index (χ2v) is 4.89. The molecule has 0 atom stereocenters. The topological polar surface area (TPSA) is 80.6 Å². The van der Waals surface area contributed by atoms with Crippen molar-refractivity contribution in [1.29, 1.82) is 5.41 Å². The molecular weight excluding hydrogens is 318 g/mol. The fraction of sp³-hybridized carbons (Fsp3) is 0.182. The number of nitrogens with zero attached hydrogens (tertiary/aromatic N) is 3. The normalized spacial score (nSPS) is 10.8. The van der Waals surface area contributed by atoms with Gasteiger partial charge in [0.25, 0.3) is 0 Å². The molecule has 2 heterocycles. The Balaban J connectivity index is 2.85. The lowest BCUT2D eigenvalue weighted by Gasteiger charge is -2.07. The van der Waals surface area contributed by atoms with Crippen molar-refractivity contribution in [1.82, 2.24) is 14.5 Å². The standard InChI is InChI=1S/C11H11BrClN5/c1-3-18-9-6(12)4-16-10(13)8(9)17-11(18)7(15)5(2)14/h4,15H,2-3,14H2,1H3. The number of halogens is 2. The molecule has 7 heteroatoms. The summed E-state index contributed by atoms with van der Waals surface area (Å²) in [6.07, 6.45) is 1.61. The van der Waals surface area contributed by atoms with Gasteiger partial charge in [-0.2, -0.15) is 0 Å². The van der Waals surface area contributed by atoms with Crippen LogP contribution in [0.5, 0.6) is 0 Å². The van der Waals surface area contributed by atoms with Crippen LogP contribution in [0.2, 0.25) is 5.15 Å². The number of fused-ring (bicyclic) bond motifs is 1. The van der Waals surface area contributed by atoms with Gasteiger partial charge < -0.3 is 10.3 Å². The number of rotatable bonds is 3. The third kappa shape index (κ3) is 1.91. The van der Waals surface area contributed by atoms with E-state index in [1.807, 2.05) is 11.5 Å². The van der Waals surface area contributed by atoms with Gasteiger partial charge in [0.15, 0.2) is 11.0 Å². The largest absolute Gasteiger partial charge is 0.397 e. The lowest BCUT2D eigenvalue weighted by Crippen LogP contribution is -2.16. The van der Waals surface area contributed by atoms with Crippen molar-refractivity contribution >= 4 is 44.3 Å². The van der Waals surface area contributed by atoms with E-state index in [1.54, 1.807) is 6.20 Å². The molecule has 0 bridgehead atoms. The van der Waals surface area contributed by atoms with Crippen LogP contribution in [-0.4, -0.2) is 20.2 Å². The van der Waals surface area contributed by atoms with E-state index in [4.69, 9.17) is 22.7 Å². The van der Waals surface area contributed by atoms with Crippen LogP contribution >= 0.6 is 27.5 Å². The van der Waals surface area contributed by atoms with Crippen LogP contribution in [0.1, 0.15) is 12.7 Å². The summed E-state index contributed by atoms with van der Waals surface area (Å²) in [5, 5.41) is 8.22. The lowest BCUT2D eigenvalue weighted by atomic mass is 10.3. The minimum Gasteiger partial charge on any atom is -0.397 e. The van der Waals surface area contributed by atoms with E-state index in [0.717, 1.165) is 9.99 Å². The fourth-order valence-electron chi connectivity index (χ4n) is 1.72. The average molecular weight is 329 g/mol. The van der Waals surface area contributed by atoms with Crippen molar-refractivity contribution in [2.24, 2.45) is 5.73 Å². The Labute approximate surface area is 117 Å². The Bertz CT molecular complexity index is 661. The molecule has 0 saturated carbocycles. The number of nitrogens with two attached hydrogens (primary N) is 1. The molecular formula is C11H11BrClN5. The average Bonchev–Trinajstić information content (AvgIpc) is 2.73. The Morgan fingerprint density at radius 1 is 1.67 bits per heavy atom. The molecule has 2 rings (SSSR count). The summed E-state index contributed by atoms with van der Waals surface area (Å²) >= 11 is 9.44. The zero-order chi connectivity index (χ0) is 13.4. The molecule has 2 aromatic heterocycles. The van der Waals surface area contributed by atoms with Crippen LogP contribution < -0.4 is 5.73 Å². The van der Waals surface area contributed by atoms with Gasteiger partial charge in [0.05, 0.1) is 15.7 Å². The first-order valence-corrected chi connectivity index (χ1v) is 6.38. The first-order valence-electron chi connectivity index (χ1n) is 5.21. The van der Waals surface area contributed by atoms with Crippen LogP contribution in [0.3, 0.4) is 0 Å². The van der Waals surface area contributed by atoms with E-state index in [-0.39, 0.29) is 11.4 Å². The second-order valence-electron chi connectivity index (χ2n) is 3.67. The maximum atomic E-state index is 7.92. The fourth-order valence-corrected chi connectivity index (χ4v) is 2.40. The third-order valence-corrected chi connectivity index (χ3v) is 3.40. The van der Waals surface area contributed by atoms with Crippen molar-refractivity contribution in [3.05, 3.63) is 33.9 Å². The molecule has 0 aliphatic rings. The molecule has 0 fully saturated rings. The number of aryl methyl sites for hydroxylation is 1. The molecule has 0 radical (unpaired) electrons. The van der Waals surface area contributed by atoms with Crippen molar-refractivity contribution in [3.63, 3.8) is 0 Å². The molecule has 3 N–H and O–H groups in total. The highest BCUT2D eigenvalue weighted by Crippen LogP contribution is 2.29. The van der Waals surface area contributed by atoms with Gasteiger partial charge in [0.2, 0.25) is 0 Å². The van der Waals surface area contributed by atoms with Crippen LogP contribution in [0.4, 0.5) is 0 Å². The van der Waals surface area contributed by atoms with E-state index in [1.165, 1.54) is 0 Å². The first-order chi connectivity index (χ1) is 8.47. The van der Waals surface area contributed by atoms with E-state index < -0.39 is 0 Å². The van der Waals surface area contributed by atoms with Gasteiger partial charge in [-0.3, -0.25) is 5.41 Å². The van der Waals surface area contributed by atoms with Gasteiger partial charge in [-0.05, 0) is 22.9 Å². The van der Waals surface area contributed by atoms with Gasteiger partial charge in [-0.1, -0.05) is 18.2 Å². The molecule has 0 aromatic carbocycles. The molecule has 0 aliphatic heterocycles. The molecule has 0 amide bonds. The third-order valence-electron chi connectivity index (χ3n) is 2.54. The smallest absolute Gasteiger partial charge is 0.161 e. The predicted octanol–water partition coefficient (Wildman–Crippen LogP) is 2.71. The number of pyridine rings is 1. The summed E-state index contributed by atoms with van der Waals surface area (Å²) in [7, 11) is 0. The highest BCUT2D eigenvalue weighted by molar-refractivity contribution is 9.10. The second kappa shape index (κ2) is 4.70. The quantitative estimate of drug-likeness (QED) is 0.671. The summed E-state index contributed by atoms with van der Waals surface area (Å²) < 4.78 is 2.63. The van der Waals surface area contributed by atoms with Gasteiger partial charge >= 0.3 is 0 Å². The zero-order valence-corrected chi connectivity index (χ0v) is 12.0. The molecule has 0 aliphatic carbocycles. The number of aromatic nitrogens is 3. The molecule has 0 spiro atoms. The highest BCUT2D eigenvalue weighted by Gasteiger charge is 2.19. The van der Waals surface area contributed by atoms with Crippen LogP contribution in [0.25, 0.3) is 11.0 Å². The summed E-state index contributed by atoms with van der Waals surface area (Å²) in [6, 6.07) is 0. The maximum absolute atomic E-state index is 7.92. The Hall–Kier alpha value is -1.40. The molecule has 18 heavy (non-hydrogen) atoms. The number of nitrogens with one attached hydrogen (secondary N) is 1. The number of imidazole rings is 1. The van der Waals surface area contributed by atoms with E-state index in [9.17, 15) is 0 Å². The molecule has 2 aromatic rings. The monoisotopic (exact) mass is 327 g/mol. The van der Waals surface area contributed by atoms with E-state index >= 15 is 0 Å². The minimum atomic E-state index is 0.0935. The zero-order valence-electron chi connectivity index (χ0n) is 9.67. The van der Waals surface area contributed by atoms with E-state index in [0.29, 0.717) is 23.0 Å². The molecule has 94 valence electrons. The van der Waals surface area contributed by atoms with Gasteiger partial charge in [-0.25, -0.2) is 9.97 Å². The van der Waals surface area contributed by atoms with Crippen molar-refractivity contribution < 1.29 is 0 Å². The van der Waals surface area contributed by atoms with Crippen molar-refractivity contribution in [3.8, 4) is 0 Å². The SMILES string of the molecule is C=C(N)C(=N)c1nc2c(Cl)ncc(Br)c2n1CC. The van der Waals surface area contributed by atoms with Crippen molar-refractivity contribution in [2.45, 2.75) is 13.5 Å². The van der Waals surface area contributed by atoms with Gasteiger partial charge in [0.1, 0.15) is 11.2 Å². The van der Waals surface area contributed by atoms with Gasteiger partial charge in [-0.15, -0.1) is 0 Å². The Morgan fingerprint density at radius 2 is 2.33 bits per heavy atom. The maximum Gasteiger partial charge on any atom is 0.161 e. The Kier molecular flexibility index (Phi) is 3.41.